The lowest BCUT2D eigenvalue weighted by Gasteiger charge is -2.20. The largest absolute Gasteiger partial charge is 0.444 e. The number of hydrogen-bond donors (Lipinski definition) is 2. The van der Waals surface area contributed by atoms with E-state index < -0.39 is 46.5 Å². The van der Waals surface area contributed by atoms with Crippen molar-refractivity contribution in [1.82, 2.24) is 25.3 Å². The molecule has 0 aromatic carbocycles. The summed E-state index contributed by atoms with van der Waals surface area (Å²) in [6.45, 7) is 0. The summed E-state index contributed by atoms with van der Waals surface area (Å²) >= 11 is 0. The normalized spacial score (nSPS) is 12.2. The minimum Gasteiger partial charge on any atom is -0.444 e. The van der Waals surface area contributed by atoms with Crippen LogP contribution in [-0.4, -0.2) is 25.8 Å². The third kappa shape index (κ3) is 3.64. The molecule has 28 heavy (non-hydrogen) atoms. The van der Waals surface area contributed by atoms with E-state index in [4.69, 9.17) is 10.2 Å². The lowest BCUT2D eigenvalue weighted by Crippen LogP contribution is -2.37. The van der Waals surface area contributed by atoms with Crippen LogP contribution in [0.3, 0.4) is 0 Å². The van der Waals surface area contributed by atoms with Gasteiger partial charge >= 0.3 is 6.18 Å². The van der Waals surface area contributed by atoms with E-state index in [9.17, 15) is 23.2 Å². The highest BCUT2D eigenvalue weighted by Gasteiger charge is 2.41. The second-order valence-corrected chi connectivity index (χ2v) is 5.30. The number of aromatic nitrogens is 4. The highest BCUT2D eigenvalue weighted by Crippen LogP contribution is 2.41. The predicted molar refractivity (Wildman–Crippen MR) is 85.9 cm³/mol. The quantitative estimate of drug-likeness (QED) is 0.643. The average molecular weight is 389 g/mol. The van der Waals surface area contributed by atoms with Crippen LogP contribution in [0.25, 0.3) is 11.5 Å². The number of rotatable bonds is 4. The van der Waals surface area contributed by atoms with Gasteiger partial charge in [-0.3, -0.25) is 14.8 Å². The van der Waals surface area contributed by atoms with E-state index in [0.717, 1.165) is 24.9 Å². The number of nitrogens with zero attached hydrogens (tertiary/aromatic N) is 5. The van der Waals surface area contributed by atoms with Gasteiger partial charge in [-0.15, -0.1) is 0 Å². The van der Waals surface area contributed by atoms with Gasteiger partial charge < -0.3 is 15.5 Å². The van der Waals surface area contributed by atoms with Crippen molar-refractivity contribution in [2.75, 3.05) is 0 Å². The average Bonchev–Trinajstić information content (AvgIpc) is 3.21. The van der Waals surface area contributed by atoms with Gasteiger partial charge in [0.15, 0.2) is 0 Å². The van der Waals surface area contributed by atoms with E-state index in [1.165, 1.54) is 12.4 Å². The van der Waals surface area contributed by atoms with Gasteiger partial charge in [-0.05, 0) is 0 Å². The summed E-state index contributed by atoms with van der Waals surface area (Å²) < 4.78 is 46.4. The fraction of sp³-hybridized carbons (Fsp3) is 0.125. The highest BCUT2D eigenvalue weighted by atomic mass is 19.4. The molecule has 0 aliphatic carbocycles. The summed E-state index contributed by atoms with van der Waals surface area (Å²) in [5.74, 6) is -1.28. The molecule has 9 nitrogen and oxygen atoms in total. The Hall–Kier alpha value is -3.85. The molecule has 0 saturated carbocycles. The summed E-state index contributed by atoms with van der Waals surface area (Å²) in [6, 6.07) is 1.62. The molecular formula is C16H10F3N7O2. The summed E-state index contributed by atoms with van der Waals surface area (Å²) in [6.07, 6.45) is 0.154. The molecule has 1 unspecified atom stereocenters. The van der Waals surface area contributed by atoms with E-state index in [-0.39, 0.29) is 5.69 Å². The first kappa shape index (κ1) is 18.9. The first-order valence-electron chi connectivity index (χ1n) is 7.55. The van der Waals surface area contributed by atoms with Crippen LogP contribution in [0.5, 0.6) is 0 Å². The van der Waals surface area contributed by atoms with E-state index in [1.54, 1.807) is 6.07 Å². The van der Waals surface area contributed by atoms with Crippen LogP contribution >= 0.6 is 0 Å². The maximum absolute atomic E-state index is 13.8. The number of nitrogens with two attached hydrogens (primary N) is 1. The Labute approximate surface area is 155 Å². The van der Waals surface area contributed by atoms with Gasteiger partial charge in [0.2, 0.25) is 5.89 Å². The van der Waals surface area contributed by atoms with Crippen molar-refractivity contribution in [3.63, 3.8) is 0 Å². The molecule has 3 N–H and O–H groups in total. The molecule has 142 valence electrons. The Bertz CT molecular complexity index is 1030. The molecule has 3 aromatic heterocycles. The van der Waals surface area contributed by atoms with Gasteiger partial charge in [-0.1, -0.05) is 0 Å². The van der Waals surface area contributed by atoms with Crippen LogP contribution in [0.4, 0.5) is 13.2 Å². The molecular weight excluding hydrogens is 379 g/mol. The Kier molecular flexibility index (Phi) is 5.01. The first-order chi connectivity index (χ1) is 13.3. The van der Waals surface area contributed by atoms with E-state index in [2.05, 4.69) is 25.3 Å². The number of oxazole rings is 1. The fourth-order valence-corrected chi connectivity index (χ4v) is 2.40. The SMILES string of the molecule is N#Cc1cnc(C(N)NC(=O)c2cnccn2)c(C(F)(F)F)c1-c1ncco1. The van der Waals surface area contributed by atoms with Crippen molar-refractivity contribution in [1.29, 1.82) is 5.26 Å². The standard InChI is InChI=1S/C16H10F3N7O2/c17-16(18,19)11-10(15-24-3-4-28-15)8(5-20)6-25-12(11)13(21)26-14(27)9-7-22-1-2-23-9/h1-4,6-7,13H,21H2,(H,26,27). The van der Waals surface area contributed by atoms with Crippen molar-refractivity contribution >= 4 is 5.91 Å². The number of halogens is 3. The summed E-state index contributed by atoms with van der Waals surface area (Å²) in [7, 11) is 0. The van der Waals surface area contributed by atoms with Gasteiger partial charge in [0.1, 0.15) is 24.2 Å². The van der Waals surface area contributed by atoms with E-state index >= 15 is 0 Å². The van der Waals surface area contributed by atoms with Crippen molar-refractivity contribution in [2.45, 2.75) is 12.3 Å². The summed E-state index contributed by atoms with van der Waals surface area (Å²) in [4.78, 5) is 26.9. The first-order valence-corrected chi connectivity index (χ1v) is 7.55. The topological polar surface area (TPSA) is 144 Å². The van der Waals surface area contributed by atoms with Gasteiger partial charge in [0.25, 0.3) is 5.91 Å². The Morgan fingerprint density at radius 2 is 2.00 bits per heavy atom. The molecule has 3 aromatic rings. The van der Waals surface area contributed by atoms with E-state index in [1.807, 2.05) is 0 Å². The highest BCUT2D eigenvalue weighted by molar-refractivity contribution is 5.92. The summed E-state index contributed by atoms with van der Waals surface area (Å²) in [5.41, 5.74) is 2.55. The number of pyridine rings is 1. The molecule has 3 rings (SSSR count). The molecule has 1 atom stereocenters. The zero-order valence-electron chi connectivity index (χ0n) is 13.8. The number of carbonyl (C=O) groups is 1. The Morgan fingerprint density at radius 3 is 2.57 bits per heavy atom. The Morgan fingerprint density at radius 1 is 1.21 bits per heavy atom. The molecule has 3 heterocycles. The number of nitrogens with one attached hydrogen (secondary N) is 1. The van der Waals surface area contributed by atoms with Crippen molar-refractivity contribution < 1.29 is 22.4 Å². The van der Waals surface area contributed by atoms with Gasteiger partial charge in [-0.2, -0.15) is 18.4 Å². The number of hydrogen-bond acceptors (Lipinski definition) is 8. The molecule has 0 spiro atoms. The third-order valence-electron chi connectivity index (χ3n) is 3.54. The fourth-order valence-electron chi connectivity index (χ4n) is 2.40. The van der Waals surface area contributed by atoms with Crippen molar-refractivity contribution in [3.8, 4) is 17.5 Å². The molecule has 0 aliphatic heterocycles. The minimum atomic E-state index is -4.96. The maximum Gasteiger partial charge on any atom is 0.419 e. The number of nitriles is 1. The number of amides is 1. The molecule has 0 aliphatic rings. The number of alkyl halides is 3. The molecule has 0 fully saturated rings. The van der Waals surface area contributed by atoms with Crippen LogP contribution in [0.1, 0.15) is 33.5 Å². The monoisotopic (exact) mass is 389 g/mol. The molecule has 1 amide bonds. The van der Waals surface area contributed by atoms with Crippen molar-refractivity contribution in [3.05, 3.63) is 59.8 Å². The minimum absolute atomic E-state index is 0.145. The van der Waals surface area contributed by atoms with Crippen LogP contribution < -0.4 is 11.1 Å². The smallest absolute Gasteiger partial charge is 0.419 e. The van der Waals surface area contributed by atoms with E-state index in [0.29, 0.717) is 0 Å². The van der Waals surface area contributed by atoms with Gasteiger partial charge in [0.05, 0.1) is 34.8 Å². The Balaban J connectivity index is 2.09. The molecule has 12 heteroatoms. The summed E-state index contributed by atoms with van der Waals surface area (Å²) in [5, 5.41) is 11.4. The molecule has 0 saturated heterocycles. The third-order valence-corrected chi connectivity index (χ3v) is 3.54. The zero-order valence-corrected chi connectivity index (χ0v) is 13.8. The molecule has 0 radical (unpaired) electrons. The maximum atomic E-state index is 13.8. The lowest BCUT2D eigenvalue weighted by atomic mass is 9.99. The van der Waals surface area contributed by atoms with Gasteiger partial charge in [-0.25, -0.2) is 9.97 Å². The second-order valence-electron chi connectivity index (χ2n) is 5.30. The number of carbonyl (C=O) groups excluding carboxylic acids is 1. The van der Waals surface area contributed by atoms with Crippen molar-refractivity contribution in [2.24, 2.45) is 5.73 Å². The van der Waals surface area contributed by atoms with Gasteiger partial charge in [0, 0.05) is 18.6 Å². The van der Waals surface area contributed by atoms with Crippen LogP contribution in [0.2, 0.25) is 0 Å². The van der Waals surface area contributed by atoms with Crippen LogP contribution in [0.15, 0.2) is 41.7 Å². The lowest BCUT2D eigenvalue weighted by molar-refractivity contribution is -0.138. The zero-order chi connectivity index (χ0) is 20.3. The predicted octanol–water partition coefficient (Wildman–Crippen LogP) is 1.80. The molecule has 0 bridgehead atoms. The van der Waals surface area contributed by atoms with Crippen LogP contribution in [0, 0.1) is 11.3 Å². The second kappa shape index (κ2) is 7.41. The van der Waals surface area contributed by atoms with Crippen LogP contribution in [-0.2, 0) is 6.18 Å².